The van der Waals surface area contributed by atoms with E-state index in [-0.39, 0.29) is 23.1 Å². The van der Waals surface area contributed by atoms with Crippen molar-refractivity contribution in [3.05, 3.63) is 24.3 Å². The topological polar surface area (TPSA) is 47.6 Å². The van der Waals surface area contributed by atoms with Crippen LogP contribution < -0.4 is 27.0 Å². The fraction of sp³-hybridized carbons (Fsp3) is 0.720. The molecule has 1 heterocycles. The number of hydrogen-bond acceptors (Lipinski definition) is 3. The van der Waals surface area contributed by atoms with Crippen molar-refractivity contribution in [3.8, 4) is 5.75 Å². The summed E-state index contributed by atoms with van der Waals surface area (Å²) in [7, 11) is 0. The lowest BCUT2D eigenvalue weighted by atomic mass is 10.1. The molecule has 5 nitrogen and oxygen atoms in total. The molecule has 178 valence electrons. The van der Waals surface area contributed by atoms with Gasteiger partial charge in [0.15, 0.2) is 0 Å². The molecule has 1 N–H and O–H groups in total. The number of carbonyl (C=O) groups is 1. The van der Waals surface area contributed by atoms with Gasteiger partial charge < -0.3 is 30.9 Å². The average Bonchev–Trinajstić information content (AvgIpc) is 2.76. The van der Waals surface area contributed by atoms with Crippen LogP contribution in [0.2, 0.25) is 0 Å². The molecule has 0 aromatic heterocycles. The number of hydrogen-bond donors (Lipinski definition) is 1. The highest BCUT2D eigenvalue weighted by Gasteiger charge is 2.29. The first-order chi connectivity index (χ1) is 14.7. The van der Waals surface area contributed by atoms with E-state index in [1.165, 1.54) is 64.6 Å². The molecule has 1 saturated heterocycles. The number of para-hydroxylation sites is 2. The van der Waals surface area contributed by atoms with E-state index < -0.39 is 0 Å². The fourth-order valence-corrected chi connectivity index (χ4v) is 4.32. The Kier molecular flexibility index (Phi) is 14.7. The maximum absolute atomic E-state index is 12.4. The van der Waals surface area contributed by atoms with Gasteiger partial charge in [0, 0.05) is 0 Å². The molecule has 1 fully saturated rings. The Balaban J connectivity index is 0.00000480. The van der Waals surface area contributed by atoms with Crippen molar-refractivity contribution in [2.75, 3.05) is 44.7 Å². The third-order valence-electron chi connectivity index (χ3n) is 6.18. The summed E-state index contributed by atoms with van der Waals surface area (Å²) in [6, 6.07) is 7.59. The second kappa shape index (κ2) is 16.4. The van der Waals surface area contributed by atoms with Crippen molar-refractivity contribution in [1.29, 1.82) is 0 Å². The van der Waals surface area contributed by atoms with Crippen LogP contribution in [0, 0.1) is 0 Å². The molecular weight excluding hydrogens is 456 g/mol. The number of ether oxygens (including phenoxy) is 2. The molecule has 2 rings (SSSR count). The summed E-state index contributed by atoms with van der Waals surface area (Å²) >= 11 is 0. The van der Waals surface area contributed by atoms with Crippen LogP contribution in [-0.2, 0) is 4.74 Å². The quantitative estimate of drug-likeness (QED) is 0.315. The number of amides is 1. The predicted octanol–water partition coefficient (Wildman–Crippen LogP) is 3.39. The van der Waals surface area contributed by atoms with E-state index in [1.54, 1.807) is 0 Å². The summed E-state index contributed by atoms with van der Waals surface area (Å²) in [5.74, 6) is 0.709. The number of nitrogens with zero attached hydrogens (tertiary/aromatic N) is 1. The predicted molar refractivity (Wildman–Crippen MR) is 124 cm³/mol. The molecule has 1 amide bonds. The summed E-state index contributed by atoms with van der Waals surface area (Å²) in [6.07, 6.45) is 12.1. The number of anilines is 1. The number of likely N-dealkylation sites (tertiary alicyclic amines) is 1. The Morgan fingerprint density at radius 1 is 0.903 bits per heavy atom. The lowest BCUT2D eigenvalue weighted by Crippen LogP contribution is -3.00. The third-order valence-corrected chi connectivity index (χ3v) is 6.18. The van der Waals surface area contributed by atoms with Crippen LogP contribution in [0.3, 0.4) is 0 Å². The van der Waals surface area contributed by atoms with Crippen molar-refractivity contribution >= 4 is 11.8 Å². The minimum atomic E-state index is -0.388. The number of benzene rings is 1. The Hall–Kier alpha value is -1.27. The molecule has 0 spiro atoms. The van der Waals surface area contributed by atoms with E-state index in [0.717, 1.165) is 30.3 Å². The molecule has 1 aromatic carbocycles. The van der Waals surface area contributed by atoms with Crippen molar-refractivity contribution in [2.45, 2.75) is 78.1 Å². The van der Waals surface area contributed by atoms with E-state index in [2.05, 4.69) is 19.2 Å². The van der Waals surface area contributed by atoms with Gasteiger partial charge in [-0.25, -0.2) is 4.79 Å². The van der Waals surface area contributed by atoms with Crippen LogP contribution in [0.4, 0.5) is 10.5 Å². The highest BCUT2D eigenvalue weighted by molar-refractivity contribution is 5.86. The molecule has 31 heavy (non-hydrogen) atoms. The maximum Gasteiger partial charge on any atom is 0.411 e. The SMILES string of the molecule is CCCCCC[N+]1(CCOC(=O)Nc2ccccc2OCCCCC)CCCCC1.[Br-]. The summed E-state index contributed by atoms with van der Waals surface area (Å²) in [5, 5.41) is 2.87. The third kappa shape index (κ3) is 10.7. The van der Waals surface area contributed by atoms with Crippen LogP contribution in [0.25, 0.3) is 0 Å². The van der Waals surface area contributed by atoms with Gasteiger partial charge in [0.25, 0.3) is 0 Å². The highest BCUT2D eigenvalue weighted by Crippen LogP contribution is 2.24. The maximum atomic E-state index is 12.4. The van der Waals surface area contributed by atoms with Gasteiger partial charge in [-0.05, 0) is 50.7 Å². The molecule has 0 atom stereocenters. The summed E-state index contributed by atoms with van der Waals surface area (Å²) < 4.78 is 12.5. The molecule has 6 heteroatoms. The normalized spacial score (nSPS) is 15.0. The number of unbranched alkanes of at least 4 members (excludes halogenated alkanes) is 5. The molecule has 0 radical (unpaired) electrons. The number of nitrogens with one attached hydrogen (secondary N) is 1. The van der Waals surface area contributed by atoms with E-state index in [0.29, 0.717) is 24.7 Å². The standard InChI is InChI=1S/C25H42N2O3.BrH/c1-3-5-7-11-17-27(18-12-8-13-19-27)20-22-30-25(28)26-23-15-9-10-16-24(23)29-21-14-6-4-2;/h9-10,15-16H,3-8,11-14,17-22H2,1-2H3;1H. The minimum absolute atomic E-state index is 0. The van der Waals surface area contributed by atoms with Crippen LogP contribution in [0.15, 0.2) is 24.3 Å². The lowest BCUT2D eigenvalue weighted by molar-refractivity contribution is -0.932. The first kappa shape index (κ1) is 27.8. The van der Waals surface area contributed by atoms with Gasteiger partial charge in [-0.2, -0.15) is 0 Å². The second-order valence-electron chi connectivity index (χ2n) is 8.67. The number of piperidine rings is 1. The van der Waals surface area contributed by atoms with Gasteiger partial charge in [0.1, 0.15) is 18.9 Å². The second-order valence-corrected chi connectivity index (χ2v) is 8.67. The van der Waals surface area contributed by atoms with Gasteiger partial charge in [-0.3, -0.25) is 5.32 Å². The largest absolute Gasteiger partial charge is 1.00 e. The summed E-state index contributed by atoms with van der Waals surface area (Å²) in [4.78, 5) is 12.4. The number of rotatable bonds is 14. The molecule has 1 aliphatic heterocycles. The van der Waals surface area contributed by atoms with E-state index in [9.17, 15) is 4.79 Å². The highest BCUT2D eigenvalue weighted by atomic mass is 79.9. The number of carbonyl (C=O) groups excluding carboxylic acids is 1. The number of quaternary nitrogens is 1. The van der Waals surface area contributed by atoms with Crippen molar-refractivity contribution in [1.82, 2.24) is 0 Å². The monoisotopic (exact) mass is 498 g/mol. The fourth-order valence-electron chi connectivity index (χ4n) is 4.32. The molecule has 0 saturated carbocycles. The van der Waals surface area contributed by atoms with Gasteiger partial charge in [0.2, 0.25) is 0 Å². The van der Waals surface area contributed by atoms with Crippen molar-refractivity contribution in [2.24, 2.45) is 0 Å². The molecular formula is C25H43BrN2O3. The molecule has 0 unspecified atom stereocenters. The number of halogens is 1. The zero-order chi connectivity index (χ0) is 21.5. The van der Waals surface area contributed by atoms with E-state index in [1.807, 2.05) is 24.3 Å². The van der Waals surface area contributed by atoms with Crippen LogP contribution >= 0.6 is 0 Å². The lowest BCUT2D eigenvalue weighted by Gasteiger charge is -2.41. The summed E-state index contributed by atoms with van der Waals surface area (Å²) in [6.45, 7) is 10.2. The first-order valence-corrected chi connectivity index (χ1v) is 12.2. The first-order valence-electron chi connectivity index (χ1n) is 12.2. The average molecular weight is 500 g/mol. The van der Waals surface area contributed by atoms with Crippen molar-refractivity contribution < 1.29 is 35.7 Å². The van der Waals surface area contributed by atoms with E-state index in [4.69, 9.17) is 9.47 Å². The summed E-state index contributed by atoms with van der Waals surface area (Å²) in [5.41, 5.74) is 0.681. The van der Waals surface area contributed by atoms with Gasteiger partial charge in [0.05, 0.1) is 31.9 Å². The van der Waals surface area contributed by atoms with Gasteiger partial charge in [-0.15, -0.1) is 0 Å². The van der Waals surface area contributed by atoms with Crippen LogP contribution in [-0.4, -0.2) is 50.0 Å². The molecule has 0 aliphatic carbocycles. The van der Waals surface area contributed by atoms with E-state index >= 15 is 0 Å². The minimum Gasteiger partial charge on any atom is -1.00 e. The Labute approximate surface area is 200 Å². The molecule has 1 aliphatic rings. The Bertz CT molecular complexity index is 606. The zero-order valence-corrected chi connectivity index (χ0v) is 21.3. The smallest absolute Gasteiger partial charge is 0.411 e. The van der Waals surface area contributed by atoms with Gasteiger partial charge in [-0.1, -0.05) is 51.7 Å². The van der Waals surface area contributed by atoms with Gasteiger partial charge >= 0.3 is 6.09 Å². The Morgan fingerprint density at radius 2 is 1.61 bits per heavy atom. The van der Waals surface area contributed by atoms with Crippen molar-refractivity contribution in [3.63, 3.8) is 0 Å². The molecule has 0 bridgehead atoms. The van der Waals surface area contributed by atoms with Crippen LogP contribution in [0.5, 0.6) is 5.75 Å². The Morgan fingerprint density at radius 3 is 2.35 bits per heavy atom. The molecule has 1 aromatic rings. The van der Waals surface area contributed by atoms with Crippen LogP contribution in [0.1, 0.15) is 78.1 Å². The zero-order valence-electron chi connectivity index (χ0n) is 19.7.